The number of carbonyl (C=O) groups excluding carboxylic acids is 1. The molecule has 4 heteroatoms. The summed E-state index contributed by atoms with van der Waals surface area (Å²) in [6.07, 6.45) is 0. The first-order valence-corrected chi connectivity index (χ1v) is 6.36. The number of benzene rings is 2. The molecule has 0 aliphatic carbocycles. The monoisotopic (exact) mass is 277 g/mol. The van der Waals surface area contributed by atoms with Crippen molar-refractivity contribution >= 4 is 23.2 Å². The molecule has 0 aliphatic rings. The molecule has 2 aromatic carbocycles. The van der Waals surface area contributed by atoms with Gasteiger partial charge in [-0.25, -0.2) is 4.39 Å². The highest BCUT2D eigenvalue weighted by Crippen LogP contribution is 2.19. The van der Waals surface area contributed by atoms with Crippen LogP contribution < -0.4 is 5.32 Å². The van der Waals surface area contributed by atoms with E-state index >= 15 is 0 Å². The van der Waals surface area contributed by atoms with E-state index in [1.54, 1.807) is 18.2 Å². The van der Waals surface area contributed by atoms with E-state index in [9.17, 15) is 9.18 Å². The van der Waals surface area contributed by atoms with Gasteiger partial charge in [-0.05, 0) is 30.7 Å². The van der Waals surface area contributed by atoms with Gasteiger partial charge < -0.3 is 5.32 Å². The van der Waals surface area contributed by atoms with Crippen molar-refractivity contribution < 1.29 is 9.18 Å². The lowest BCUT2D eigenvalue weighted by Gasteiger charge is -2.10. The van der Waals surface area contributed by atoms with E-state index < -0.39 is 11.7 Å². The minimum absolute atomic E-state index is 0.0318. The third kappa shape index (κ3) is 3.12. The van der Waals surface area contributed by atoms with Gasteiger partial charge in [0.2, 0.25) is 0 Å². The number of anilines is 1. The fourth-order valence-corrected chi connectivity index (χ4v) is 1.99. The molecular weight excluding hydrogens is 265 g/mol. The Hall–Kier alpha value is -1.87. The van der Waals surface area contributed by atoms with Crippen LogP contribution in [0.3, 0.4) is 0 Å². The largest absolute Gasteiger partial charge is 0.322 e. The van der Waals surface area contributed by atoms with Gasteiger partial charge in [0.1, 0.15) is 5.82 Å². The maximum Gasteiger partial charge on any atom is 0.258 e. The number of nitrogens with one attached hydrogen (secondary N) is 1. The van der Waals surface area contributed by atoms with E-state index in [4.69, 9.17) is 11.6 Å². The molecule has 2 rings (SSSR count). The Morgan fingerprint density at radius 1 is 1.26 bits per heavy atom. The molecule has 0 unspecified atom stereocenters. The molecule has 19 heavy (non-hydrogen) atoms. The van der Waals surface area contributed by atoms with Crippen molar-refractivity contribution in [2.45, 2.75) is 12.8 Å². The first kappa shape index (κ1) is 13.6. The Morgan fingerprint density at radius 2 is 2.00 bits per heavy atom. The summed E-state index contributed by atoms with van der Waals surface area (Å²) < 4.78 is 13.6. The lowest BCUT2D eigenvalue weighted by molar-refractivity contribution is 0.102. The third-order valence-corrected chi connectivity index (χ3v) is 3.06. The smallest absolute Gasteiger partial charge is 0.258 e. The summed E-state index contributed by atoms with van der Waals surface area (Å²) in [7, 11) is 0. The van der Waals surface area contributed by atoms with Crippen LogP contribution in [0.25, 0.3) is 0 Å². The quantitative estimate of drug-likeness (QED) is 0.840. The maximum atomic E-state index is 13.6. The fourth-order valence-electron chi connectivity index (χ4n) is 1.76. The number of rotatable bonds is 3. The van der Waals surface area contributed by atoms with Crippen molar-refractivity contribution in [1.82, 2.24) is 0 Å². The van der Waals surface area contributed by atoms with Gasteiger partial charge in [-0.15, -0.1) is 11.6 Å². The van der Waals surface area contributed by atoms with E-state index in [2.05, 4.69) is 5.32 Å². The predicted octanol–water partition coefficient (Wildman–Crippen LogP) is 4.13. The van der Waals surface area contributed by atoms with Gasteiger partial charge in [0.05, 0.1) is 5.56 Å². The van der Waals surface area contributed by atoms with Crippen molar-refractivity contribution in [2.75, 3.05) is 5.32 Å². The second-order valence-corrected chi connectivity index (χ2v) is 4.50. The number of halogens is 2. The van der Waals surface area contributed by atoms with Gasteiger partial charge in [-0.2, -0.15) is 0 Å². The molecule has 0 bridgehead atoms. The second kappa shape index (κ2) is 5.85. The zero-order valence-electron chi connectivity index (χ0n) is 10.4. The Balaban J connectivity index is 2.28. The summed E-state index contributed by atoms with van der Waals surface area (Å²) in [6, 6.07) is 11.6. The molecular formula is C15H13ClFNO. The van der Waals surface area contributed by atoms with Crippen LogP contribution in [0, 0.1) is 12.7 Å². The minimum Gasteiger partial charge on any atom is -0.322 e. The Morgan fingerprint density at radius 3 is 2.74 bits per heavy atom. The lowest BCUT2D eigenvalue weighted by Crippen LogP contribution is -2.15. The van der Waals surface area contributed by atoms with Crippen molar-refractivity contribution in [3.05, 3.63) is 65.0 Å². The van der Waals surface area contributed by atoms with Gasteiger partial charge in [0.15, 0.2) is 0 Å². The molecule has 0 radical (unpaired) electrons. The van der Waals surface area contributed by atoms with E-state index in [1.165, 1.54) is 12.1 Å². The maximum absolute atomic E-state index is 13.6. The van der Waals surface area contributed by atoms with E-state index in [0.717, 1.165) is 11.1 Å². The Labute approximate surface area is 116 Å². The fraction of sp³-hybridized carbons (Fsp3) is 0.133. The molecule has 0 atom stereocenters. The van der Waals surface area contributed by atoms with E-state index in [0.29, 0.717) is 5.69 Å². The molecule has 0 spiro atoms. The molecule has 2 aromatic rings. The minimum atomic E-state index is -0.536. The van der Waals surface area contributed by atoms with Crippen LogP contribution in [0.2, 0.25) is 0 Å². The van der Waals surface area contributed by atoms with Gasteiger partial charge in [0, 0.05) is 11.6 Å². The number of aryl methyl sites for hydroxylation is 1. The topological polar surface area (TPSA) is 29.1 Å². The van der Waals surface area contributed by atoms with Crippen molar-refractivity contribution in [1.29, 1.82) is 0 Å². The van der Waals surface area contributed by atoms with Crippen LogP contribution in [0.5, 0.6) is 0 Å². The van der Waals surface area contributed by atoms with E-state index in [1.807, 2.05) is 19.1 Å². The lowest BCUT2D eigenvalue weighted by atomic mass is 10.1. The summed E-state index contributed by atoms with van der Waals surface area (Å²) in [5.74, 6) is -0.725. The van der Waals surface area contributed by atoms with Crippen molar-refractivity contribution in [3.63, 3.8) is 0 Å². The van der Waals surface area contributed by atoms with Gasteiger partial charge in [-0.1, -0.05) is 29.8 Å². The number of alkyl halides is 1. The first-order chi connectivity index (χ1) is 9.11. The zero-order chi connectivity index (χ0) is 13.8. The molecule has 1 N–H and O–H groups in total. The van der Waals surface area contributed by atoms with Crippen LogP contribution >= 0.6 is 11.6 Å². The Bertz CT molecular complexity index is 613. The molecule has 0 aromatic heterocycles. The van der Waals surface area contributed by atoms with Gasteiger partial charge in [-0.3, -0.25) is 4.79 Å². The summed E-state index contributed by atoms with van der Waals surface area (Å²) in [5.41, 5.74) is 2.26. The molecule has 0 fully saturated rings. The average Bonchev–Trinajstić information content (AvgIpc) is 2.42. The number of hydrogen-bond donors (Lipinski definition) is 1. The summed E-state index contributed by atoms with van der Waals surface area (Å²) >= 11 is 5.79. The van der Waals surface area contributed by atoms with E-state index in [-0.39, 0.29) is 11.4 Å². The zero-order valence-corrected chi connectivity index (χ0v) is 11.2. The highest BCUT2D eigenvalue weighted by molar-refractivity contribution is 6.17. The van der Waals surface area contributed by atoms with Gasteiger partial charge >= 0.3 is 0 Å². The summed E-state index contributed by atoms with van der Waals surface area (Å²) in [6.45, 7) is 1.81. The number of para-hydroxylation sites is 1. The molecule has 2 nitrogen and oxygen atoms in total. The number of carbonyl (C=O) groups is 1. The highest BCUT2D eigenvalue weighted by Gasteiger charge is 2.13. The summed E-state index contributed by atoms with van der Waals surface area (Å²) in [5, 5.41) is 2.68. The summed E-state index contributed by atoms with van der Waals surface area (Å²) in [4.78, 5) is 12.1. The SMILES string of the molecule is Cc1ccc(F)c(C(=O)Nc2ccccc2CCl)c1. The molecule has 1 amide bonds. The average molecular weight is 278 g/mol. The molecule has 0 saturated heterocycles. The standard InChI is InChI=1S/C15H13ClFNO/c1-10-6-7-13(17)12(8-10)15(19)18-14-5-3-2-4-11(14)9-16/h2-8H,9H2,1H3,(H,18,19). The Kier molecular flexibility index (Phi) is 4.17. The normalized spacial score (nSPS) is 10.3. The highest BCUT2D eigenvalue weighted by atomic mass is 35.5. The van der Waals surface area contributed by atoms with Crippen LogP contribution in [-0.4, -0.2) is 5.91 Å². The number of hydrogen-bond acceptors (Lipinski definition) is 1. The predicted molar refractivity (Wildman–Crippen MR) is 75.1 cm³/mol. The van der Waals surface area contributed by atoms with Gasteiger partial charge in [0.25, 0.3) is 5.91 Å². The second-order valence-electron chi connectivity index (χ2n) is 4.23. The first-order valence-electron chi connectivity index (χ1n) is 5.83. The molecule has 0 saturated carbocycles. The third-order valence-electron chi connectivity index (χ3n) is 2.78. The van der Waals surface area contributed by atoms with Crippen molar-refractivity contribution in [2.24, 2.45) is 0 Å². The van der Waals surface area contributed by atoms with Crippen LogP contribution in [-0.2, 0) is 5.88 Å². The van der Waals surface area contributed by atoms with Crippen LogP contribution in [0.1, 0.15) is 21.5 Å². The molecule has 98 valence electrons. The van der Waals surface area contributed by atoms with Crippen LogP contribution in [0.4, 0.5) is 10.1 Å². The van der Waals surface area contributed by atoms with Crippen molar-refractivity contribution in [3.8, 4) is 0 Å². The van der Waals surface area contributed by atoms with Crippen LogP contribution in [0.15, 0.2) is 42.5 Å². The number of amides is 1. The molecule has 0 heterocycles. The molecule has 0 aliphatic heterocycles.